The molecule has 0 heterocycles. The fourth-order valence-electron chi connectivity index (χ4n) is 8.59. The van der Waals surface area contributed by atoms with Crippen LogP contribution in [0.1, 0.15) is 303 Å². The third-order valence-corrected chi connectivity index (χ3v) is 13.0. The highest BCUT2D eigenvalue weighted by Crippen LogP contribution is 2.17. The van der Waals surface area contributed by atoms with Gasteiger partial charge in [-0.05, 0) is 64.2 Å². The number of carbonyl (C=O) groups is 3. The van der Waals surface area contributed by atoms with Crippen molar-refractivity contribution in [3.05, 3.63) is 60.8 Å². The lowest BCUT2D eigenvalue weighted by molar-refractivity contribution is -0.167. The first kappa shape index (κ1) is 66.1. The van der Waals surface area contributed by atoms with E-state index in [1.165, 1.54) is 167 Å². The van der Waals surface area contributed by atoms with Crippen LogP contribution in [-0.2, 0) is 28.6 Å². The Morgan fingerprint density at radius 3 is 0.884 bits per heavy atom. The van der Waals surface area contributed by atoms with Crippen LogP contribution in [0.2, 0.25) is 0 Å². The molecule has 0 saturated carbocycles. The van der Waals surface area contributed by atoms with E-state index in [2.05, 4.69) is 81.5 Å². The average molecular weight is 966 g/mol. The highest BCUT2D eigenvalue weighted by Gasteiger charge is 2.19. The number of unbranched alkanes of at least 4 members (excludes halogenated alkanes) is 33. The molecule has 400 valence electrons. The number of esters is 3. The number of carbonyl (C=O) groups excluding carboxylic acids is 3. The number of hydrogen-bond donors (Lipinski definition) is 0. The third kappa shape index (κ3) is 55.9. The Labute approximate surface area is 428 Å². The quantitative estimate of drug-likeness (QED) is 0.0262. The second-order valence-electron chi connectivity index (χ2n) is 19.9. The van der Waals surface area contributed by atoms with Crippen LogP contribution < -0.4 is 0 Å². The zero-order valence-corrected chi connectivity index (χ0v) is 45.8. The summed E-state index contributed by atoms with van der Waals surface area (Å²) in [4.78, 5) is 38.1. The van der Waals surface area contributed by atoms with Crippen molar-refractivity contribution in [2.45, 2.75) is 309 Å². The number of hydrogen-bond acceptors (Lipinski definition) is 6. The van der Waals surface area contributed by atoms with Gasteiger partial charge >= 0.3 is 17.9 Å². The third-order valence-electron chi connectivity index (χ3n) is 13.0. The van der Waals surface area contributed by atoms with E-state index < -0.39 is 6.10 Å². The lowest BCUT2D eigenvalue weighted by atomic mass is 10.0. The summed E-state index contributed by atoms with van der Waals surface area (Å²) in [6.07, 6.45) is 72.2. The van der Waals surface area contributed by atoms with Gasteiger partial charge in [-0.3, -0.25) is 14.4 Å². The van der Waals surface area contributed by atoms with Crippen LogP contribution in [-0.4, -0.2) is 37.2 Å². The Balaban J connectivity index is 4.31. The van der Waals surface area contributed by atoms with Crippen molar-refractivity contribution in [3.63, 3.8) is 0 Å². The van der Waals surface area contributed by atoms with Gasteiger partial charge in [0.05, 0.1) is 0 Å². The minimum absolute atomic E-state index is 0.0807. The van der Waals surface area contributed by atoms with Crippen LogP contribution in [0, 0.1) is 0 Å². The Morgan fingerprint density at radius 2 is 0.565 bits per heavy atom. The van der Waals surface area contributed by atoms with Gasteiger partial charge in [0.2, 0.25) is 0 Å². The van der Waals surface area contributed by atoms with Crippen molar-refractivity contribution < 1.29 is 28.6 Å². The molecular formula is C63H112O6. The van der Waals surface area contributed by atoms with Gasteiger partial charge in [0.1, 0.15) is 13.2 Å². The predicted molar refractivity (Wildman–Crippen MR) is 298 cm³/mol. The minimum Gasteiger partial charge on any atom is -0.462 e. The first-order valence-corrected chi connectivity index (χ1v) is 29.8. The van der Waals surface area contributed by atoms with E-state index in [0.717, 1.165) is 96.3 Å². The molecule has 0 aliphatic heterocycles. The highest BCUT2D eigenvalue weighted by atomic mass is 16.6. The van der Waals surface area contributed by atoms with E-state index in [1.54, 1.807) is 0 Å². The van der Waals surface area contributed by atoms with Gasteiger partial charge in [0.15, 0.2) is 6.10 Å². The zero-order valence-electron chi connectivity index (χ0n) is 45.8. The van der Waals surface area contributed by atoms with E-state index in [4.69, 9.17) is 14.2 Å². The van der Waals surface area contributed by atoms with E-state index in [0.29, 0.717) is 19.3 Å². The standard InChI is InChI=1S/C63H112O6/c1-4-7-10-13-16-19-22-24-26-28-30-31-33-35-37-39-42-44-47-50-53-56-62(65)68-59-60(69-63(66)57-54-51-48-45-40-21-18-15-12-9-6-3)58-67-61(64)55-52-49-46-43-41-38-36-34-32-29-27-25-23-20-17-14-11-8-5-2/h8,11,17,20,25,27,32,34,38,41,60H,4-7,9-10,12-16,18-19,21-24,26,28-31,33,35-37,39-40,42-59H2,1-3H3/b11-8-,20-17-,27-25-,34-32-,41-38-/t60-/m1/s1. The van der Waals surface area contributed by atoms with Gasteiger partial charge in [0.25, 0.3) is 0 Å². The van der Waals surface area contributed by atoms with Gasteiger partial charge in [-0.1, -0.05) is 281 Å². The molecule has 0 amide bonds. The molecule has 0 aromatic rings. The predicted octanol–water partition coefficient (Wildman–Crippen LogP) is 20.0. The average Bonchev–Trinajstić information content (AvgIpc) is 3.35. The van der Waals surface area contributed by atoms with E-state index >= 15 is 0 Å². The van der Waals surface area contributed by atoms with Crippen LogP contribution in [0.15, 0.2) is 60.8 Å². The Bertz CT molecular complexity index is 1250. The molecule has 0 spiro atoms. The van der Waals surface area contributed by atoms with Crippen LogP contribution in [0.4, 0.5) is 0 Å². The fraction of sp³-hybridized carbons (Fsp3) is 0.794. The van der Waals surface area contributed by atoms with Crippen molar-refractivity contribution in [2.75, 3.05) is 13.2 Å². The van der Waals surface area contributed by atoms with Crippen molar-refractivity contribution in [3.8, 4) is 0 Å². The van der Waals surface area contributed by atoms with Crippen LogP contribution >= 0.6 is 0 Å². The molecule has 0 aliphatic carbocycles. The van der Waals surface area contributed by atoms with E-state index in [1.807, 2.05) is 0 Å². The van der Waals surface area contributed by atoms with E-state index in [9.17, 15) is 14.4 Å². The van der Waals surface area contributed by atoms with E-state index in [-0.39, 0.29) is 31.1 Å². The molecule has 0 saturated heterocycles. The Morgan fingerprint density at radius 1 is 0.304 bits per heavy atom. The molecule has 0 bridgehead atoms. The van der Waals surface area contributed by atoms with Gasteiger partial charge in [-0.25, -0.2) is 0 Å². The molecule has 6 nitrogen and oxygen atoms in total. The van der Waals surface area contributed by atoms with Crippen molar-refractivity contribution in [2.24, 2.45) is 0 Å². The minimum atomic E-state index is -0.784. The summed E-state index contributed by atoms with van der Waals surface area (Å²) in [5.74, 6) is -0.900. The van der Waals surface area contributed by atoms with Gasteiger partial charge in [-0.15, -0.1) is 0 Å². The summed E-state index contributed by atoms with van der Waals surface area (Å²) < 4.78 is 16.8. The van der Waals surface area contributed by atoms with Crippen molar-refractivity contribution >= 4 is 17.9 Å². The molecule has 0 aromatic heterocycles. The lowest BCUT2D eigenvalue weighted by Crippen LogP contribution is -2.30. The molecule has 0 rings (SSSR count). The van der Waals surface area contributed by atoms with Crippen LogP contribution in [0.5, 0.6) is 0 Å². The SMILES string of the molecule is CC/C=C\C/C=C\C/C=C\C/C=C\C/C=C\CCCCCC(=O)OC[C@H](COC(=O)CCCCCCCCCCCCCCCCCCCCCCC)OC(=O)CCCCCCCCCCCCC. The summed E-state index contributed by atoms with van der Waals surface area (Å²) >= 11 is 0. The zero-order chi connectivity index (χ0) is 50.0. The normalized spacial score (nSPS) is 12.4. The molecule has 0 radical (unpaired) electrons. The Hall–Kier alpha value is -2.89. The Kier molecular flexibility index (Phi) is 55.3. The summed E-state index contributed by atoms with van der Waals surface area (Å²) in [6, 6.07) is 0. The first-order valence-electron chi connectivity index (χ1n) is 29.8. The maximum absolute atomic E-state index is 12.8. The van der Waals surface area contributed by atoms with Gasteiger partial charge < -0.3 is 14.2 Å². The second-order valence-corrected chi connectivity index (χ2v) is 19.9. The molecule has 69 heavy (non-hydrogen) atoms. The molecule has 0 unspecified atom stereocenters. The van der Waals surface area contributed by atoms with Crippen LogP contribution in [0.25, 0.3) is 0 Å². The molecule has 0 fully saturated rings. The molecule has 0 N–H and O–H groups in total. The maximum Gasteiger partial charge on any atom is 0.306 e. The first-order chi connectivity index (χ1) is 34.0. The molecular weight excluding hydrogens is 853 g/mol. The van der Waals surface area contributed by atoms with Crippen LogP contribution in [0.3, 0.4) is 0 Å². The maximum atomic E-state index is 12.8. The summed E-state index contributed by atoms with van der Waals surface area (Å²) in [7, 11) is 0. The molecule has 0 aliphatic rings. The summed E-state index contributed by atoms with van der Waals surface area (Å²) in [5.41, 5.74) is 0. The number of ether oxygens (including phenoxy) is 3. The largest absolute Gasteiger partial charge is 0.462 e. The van der Waals surface area contributed by atoms with Gasteiger partial charge in [-0.2, -0.15) is 0 Å². The highest BCUT2D eigenvalue weighted by molar-refractivity contribution is 5.71. The van der Waals surface area contributed by atoms with Gasteiger partial charge in [0, 0.05) is 19.3 Å². The smallest absolute Gasteiger partial charge is 0.306 e. The number of rotatable bonds is 54. The van der Waals surface area contributed by atoms with Crippen molar-refractivity contribution in [1.29, 1.82) is 0 Å². The fourth-order valence-corrected chi connectivity index (χ4v) is 8.59. The summed E-state index contributed by atoms with van der Waals surface area (Å²) in [5, 5.41) is 0. The monoisotopic (exact) mass is 965 g/mol. The second kappa shape index (κ2) is 57.7. The number of allylic oxidation sites excluding steroid dienone is 10. The summed E-state index contributed by atoms with van der Waals surface area (Å²) in [6.45, 7) is 6.53. The topological polar surface area (TPSA) is 78.9 Å². The lowest BCUT2D eigenvalue weighted by Gasteiger charge is -2.18. The van der Waals surface area contributed by atoms with Crippen molar-refractivity contribution in [1.82, 2.24) is 0 Å². The molecule has 6 heteroatoms. The molecule has 1 atom stereocenters. The molecule has 0 aromatic carbocycles.